The first-order valence-electron chi connectivity index (χ1n) is 7.25. The standard InChI is InChI=1S/C18H15BrN2O2S/c1-11-3-6-14-16(9-11)24-18(20-14)21-17(22)8-4-12-10-13(19)5-7-15(12)23-2/h3-10H,1-2H3,(H,20,21,22). The second-order valence-corrected chi connectivity index (χ2v) is 7.15. The summed E-state index contributed by atoms with van der Waals surface area (Å²) in [6, 6.07) is 11.6. The first-order valence-corrected chi connectivity index (χ1v) is 8.86. The molecule has 0 aliphatic carbocycles. The average molecular weight is 403 g/mol. The van der Waals surface area contributed by atoms with Gasteiger partial charge in [-0.15, -0.1) is 0 Å². The summed E-state index contributed by atoms with van der Waals surface area (Å²) >= 11 is 4.88. The first-order chi connectivity index (χ1) is 11.5. The van der Waals surface area contributed by atoms with Crippen molar-refractivity contribution < 1.29 is 9.53 Å². The van der Waals surface area contributed by atoms with Crippen LogP contribution >= 0.6 is 27.3 Å². The van der Waals surface area contributed by atoms with Crippen LogP contribution in [0.4, 0.5) is 5.13 Å². The maximum absolute atomic E-state index is 12.1. The number of rotatable bonds is 4. The number of hydrogen-bond acceptors (Lipinski definition) is 4. The van der Waals surface area contributed by atoms with E-state index in [2.05, 4.69) is 32.3 Å². The molecule has 0 bridgehead atoms. The quantitative estimate of drug-likeness (QED) is 0.622. The third-order valence-electron chi connectivity index (χ3n) is 3.38. The Bertz CT molecular complexity index is 934. The third-order valence-corrected chi connectivity index (χ3v) is 4.81. The van der Waals surface area contributed by atoms with E-state index in [1.807, 2.05) is 37.3 Å². The van der Waals surface area contributed by atoms with Gasteiger partial charge in [-0.2, -0.15) is 0 Å². The number of halogens is 1. The van der Waals surface area contributed by atoms with E-state index < -0.39 is 0 Å². The van der Waals surface area contributed by atoms with Crippen molar-refractivity contribution in [2.24, 2.45) is 0 Å². The molecule has 0 unspecified atom stereocenters. The summed E-state index contributed by atoms with van der Waals surface area (Å²) in [5, 5.41) is 3.39. The van der Waals surface area contributed by atoms with Gasteiger partial charge in [0, 0.05) is 16.1 Å². The molecule has 1 N–H and O–H groups in total. The van der Waals surface area contributed by atoms with E-state index in [-0.39, 0.29) is 5.91 Å². The van der Waals surface area contributed by atoms with Crippen LogP contribution < -0.4 is 10.1 Å². The smallest absolute Gasteiger partial charge is 0.250 e. The minimum Gasteiger partial charge on any atom is -0.496 e. The Morgan fingerprint density at radius 3 is 2.92 bits per heavy atom. The van der Waals surface area contributed by atoms with E-state index in [1.54, 1.807) is 13.2 Å². The van der Waals surface area contributed by atoms with Gasteiger partial charge in [0.25, 0.3) is 0 Å². The molecule has 0 fully saturated rings. The maximum Gasteiger partial charge on any atom is 0.250 e. The molecule has 0 spiro atoms. The molecule has 1 heterocycles. The molecule has 0 saturated carbocycles. The average Bonchev–Trinajstić information content (AvgIpc) is 2.94. The molecule has 2 aromatic carbocycles. The molecular weight excluding hydrogens is 388 g/mol. The van der Waals surface area contributed by atoms with Crippen LogP contribution in [0.15, 0.2) is 46.9 Å². The van der Waals surface area contributed by atoms with Crippen LogP contribution in [0.1, 0.15) is 11.1 Å². The molecule has 24 heavy (non-hydrogen) atoms. The molecule has 1 aromatic heterocycles. The highest BCUT2D eigenvalue weighted by atomic mass is 79.9. The molecule has 3 rings (SSSR count). The van der Waals surface area contributed by atoms with Gasteiger partial charge in [0.1, 0.15) is 5.75 Å². The summed E-state index contributed by atoms with van der Waals surface area (Å²) in [5.74, 6) is 0.477. The van der Waals surface area contributed by atoms with Gasteiger partial charge in [-0.25, -0.2) is 4.98 Å². The summed E-state index contributed by atoms with van der Waals surface area (Å²) < 4.78 is 7.27. The summed E-state index contributed by atoms with van der Waals surface area (Å²) in [6.07, 6.45) is 3.19. The Kier molecular flexibility index (Phi) is 4.97. The number of nitrogens with zero attached hydrogens (tertiary/aromatic N) is 1. The molecular formula is C18H15BrN2O2S. The summed E-state index contributed by atoms with van der Waals surface area (Å²) in [5.41, 5.74) is 2.88. The van der Waals surface area contributed by atoms with Gasteiger partial charge in [0.05, 0.1) is 17.3 Å². The largest absolute Gasteiger partial charge is 0.496 e. The van der Waals surface area contributed by atoms with E-state index in [0.717, 1.165) is 20.3 Å². The third kappa shape index (κ3) is 3.83. The zero-order chi connectivity index (χ0) is 17.1. The highest BCUT2D eigenvalue weighted by Crippen LogP contribution is 2.27. The van der Waals surface area contributed by atoms with Crippen LogP contribution in [0.3, 0.4) is 0 Å². The number of fused-ring (bicyclic) bond motifs is 1. The Morgan fingerprint density at radius 2 is 2.12 bits per heavy atom. The molecule has 0 aliphatic heterocycles. The van der Waals surface area contributed by atoms with Crippen molar-refractivity contribution in [1.29, 1.82) is 0 Å². The number of thiazole rings is 1. The van der Waals surface area contributed by atoms with E-state index >= 15 is 0 Å². The van der Waals surface area contributed by atoms with Crippen molar-refractivity contribution in [3.63, 3.8) is 0 Å². The maximum atomic E-state index is 12.1. The highest BCUT2D eigenvalue weighted by molar-refractivity contribution is 9.10. The Morgan fingerprint density at radius 1 is 1.29 bits per heavy atom. The second kappa shape index (κ2) is 7.15. The number of anilines is 1. The fraction of sp³-hybridized carbons (Fsp3) is 0.111. The number of carbonyl (C=O) groups is 1. The lowest BCUT2D eigenvalue weighted by Crippen LogP contribution is -2.07. The predicted octanol–water partition coefficient (Wildman–Crippen LogP) is 5.03. The van der Waals surface area contributed by atoms with E-state index in [9.17, 15) is 4.79 Å². The van der Waals surface area contributed by atoms with E-state index in [4.69, 9.17) is 4.74 Å². The van der Waals surface area contributed by atoms with Crippen LogP contribution in [-0.2, 0) is 4.79 Å². The van der Waals surface area contributed by atoms with Gasteiger partial charge in [-0.05, 0) is 48.9 Å². The van der Waals surface area contributed by atoms with Crippen molar-refractivity contribution in [3.8, 4) is 5.75 Å². The number of aromatic nitrogens is 1. The fourth-order valence-electron chi connectivity index (χ4n) is 2.23. The highest BCUT2D eigenvalue weighted by Gasteiger charge is 2.07. The van der Waals surface area contributed by atoms with Crippen LogP contribution in [0.2, 0.25) is 0 Å². The van der Waals surface area contributed by atoms with Gasteiger partial charge < -0.3 is 4.74 Å². The van der Waals surface area contributed by atoms with Gasteiger partial charge in [-0.3, -0.25) is 10.1 Å². The minimum absolute atomic E-state index is 0.229. The van der Waals surface area contributed by atoms with Gasteiger partial charge >= 0.3 is 0 Å². The lowest BCUT2D eigenvalue weighted by molar-refractivity contribution is -0.111. The number of carbonyl (C=O) groups excluding carboxylic acids is 1. The summed E-state index contributed by atoms with van der Waals surface area (Å²) in [6.45, 7) is 2.03. The van der Waals surface area contributed by atoms with Gasteiger partial charge in [0.15, 0.2) is 5.13 Å². The Labute approximate surface area is 152 Å². The lowest BCUT2D eigenvalue weighted by Gasteiger charge is -2.04. The van der Waals surface area contributed by atoms with Crippen molar-refractivity contribution in [2.75, 3.05) is 12.4 Å². The van der Waals surface area contributed by atoms with E-state index in [0.29, 0.717) is 10.9 Å². The minimum atomic E-state index is -0.229. The van der Waals surface area contributed by atoms with Crippen LogP contribution in [-0.4, -0.2) is 18.0 Å². The van der Waals surface area contributed by atoms with Crippen LogP contribution in [0.5, 0.6) is 5.75 Å². The SMILES string of the molecule is COc1ccc(Br)cc1C=CC(=O)Nc1nc2ccc(C)cc2s1. The summed E-state index contributed by atoms with van der Waals surface area (Å²) in [7, 11) is 1.60. The molecule has 4 nitrogen and oxygen atoms in total. The molecule has 1 amide bonds. The van der Waals surface area contributed by atoms with Gasteiger partial charge in [0.2, 0.25) is 5.91 Å². The van der Waals surface area contributed by atoms with Crippen molar-refractivity contribution >= 4 is 54.6 Å². The number of ether oxygens (including phenoxy) is 1. The monoisotopic (exact) mass is 402 g/mol. The number of amides is 1. The molecule has 122 valence electrons. The molecule has 3 aromatic rings. The molecule has 6 heteroatoms. The molecule has 0 saturated heterocycles. The Hall–Kier alpha value is -2.18. The fourth-order valence-corrected chi connectivity index (χ4v) is 3.58. The number of benzene rings is 2. The number of nitrogens with one attached hydrogen (secondary N) is 1. The first kappa shape index (κ1) is 16.7. The van der Waals surface area contributed by atoms with Crippen LogP contribution in [0.25, 0.3) is 16.3 Å². The normalized spacial score (nSPS) is 11.1. The van der Waals surface area contributed by atoms with Crippen molar-refractivity contribution in [3.05, 3.63) is 58.1 Å². The molecule has 0 atom stereocenters. The predicted molar refractivity (Wildman–Crippen MR) is 103 cm³/mol. The van der Waals surface area contributed by atoms with Crippen LogP contribution in [0, 0.1) is 6.92 Å². The van der Waals surface area contributed by atoms with Gasteiger partial charge in [-0.1, -0.05) is 33.3 Å². The molecule has 0 radical (unpaired) electrons. The zero-order valence-electron chi connectivity index (χ0n) is 13.2. The number of methoxy groups -OCH3 is 1. The topological polar surface area (TPSA) is 51.2 Å². The number of hydrogen-bond donors (Lipinski definition) is 1. The van der Waals surface area contributed by atoms with E-state index in [1.165, 1.54) is 23.0 Å². The molecule has 0 aliphatic rings. The Balaban J connectivity index is 1.76. The second-order valence-electron chi connectivity index (χ2n) is 5.20. The number of aryl methyl sites for hydroxylation is 1. The van der Waals surface area contributed by atoms with Crippen molar-refractivity contribution in [1.82, 2.24) is 4.98 Å². The zero-order valence-corrected chi connectivity index (χ0v) is 15.6. The lowest BCUT2D eigenvalue weighted by atomic mass is 10.2. The van der Waals surface area contributed by atoms with Crippen molar-refractivity contribution in [2.45, 2.75) is 6.92 Å². The summed E-state index contributed by atoms with van der Waals surface area (Å²) in [4.78, 5) is 16.5.